The van der Waals surface area contributed by atoms with Crippen molar-refractivity contribution in [2.45, 2.75) is 29.4 Å². The van der Waals surface area contributed by atoms with E-state index in [1.165, 1.54) is 17.2 Å². The van der Waals surface area contributed by atoms with Gasteiger partial charge in [0.15, 0.2) is 9.84 Å². The molecule has 0 N–H and O–H groups in total. The van der Waals surface area contributed by atoms with Crippen molar-refractivity contribution in [2.24, 2.45) is 0 Å². The largest absolute Gasteiger partial charge is 0.468 e. The Labute approximate surface area is 157 Å². The van der Waals surface area contributed by atoms with Gasteiger partial charge in [-0.25, -0.2) is 8.42 Å². The number of hydrogen-bond donors (Lipinski definition) is 0. The summed E-state index contributed by atoms with van der Waals surface area (Å²) < 4.78 is 31.7. The lowest BCUT2D eigenvalue weighted by atomic mass is 10.2. The van der Waals surface area contributed by atoms with Crippen LogP contribution in [0, 0.1) is 0 Å². The Morgan fingerprint density at radius 3 is 2.56 bits per heavy atom. The molecule has 1 unspecified atom stereocenters. The summed E-state index contributed by atoms with van der Waals surface area (Å²) in [5, 5.41) is -1.10. The van der Waals surface area contributed by atoms with Gasteiger partial charge in [0.2, 0.25) is 11.8 Å². The Morgan fingerprint density at radius 2 is 1.85 bits per heavy atom. The number of carbonyl (C=O) groups excluding carboxylic acids is 2. The normalized spacial score (nSPS) is 21.8. The monoisotopic (exact) mass is 388 g/mol. The molecule has 0 aliphatic carbocycles. The van der Waals surface area contributed by atoms with E-state index in [2.05, 4.69) is 0 Å². The fourth-order valence-corrected chi connectivity index (χ4v) is 5.54. The summed E-state index contributed by atoms with van der Waals surface area (Å²) in [5.74, 6) is -0.340. The average molecular weight is 388 g/mol. The molecule has 4 rings (SSSR count). The van der Waals surface area contributed by atoms with E-state index in [1.807, 2.05) is 0 Å². The second-order valence-electron chi connectivity index (χ2n) is 6.79. The number of rotatable bonds is 3. The molecule has 3 heterocycles. The van der Waals surface area contributed by atoms with Crippen molar-refractivity contribution in [3.05, 3.63) is 48.4 Å². The summed E-state index contributed by atoms with van der Waals surface area (Å²) in [5.41, 5.74) is 0.254. The highest BCUT2D eigenvalue weighted by molar-refractivity contribution is 7.91. The number of anilines is 1. The number of carbonyl (C=O) groups is 2. The van der Waals surface area contributed by atoms with E-state index in [-0.39, 0.29) is 35.2 Å². The molecule has 1 aromatic heterocycles. The summed E-state index contributed by atoms with van der Waals surface area (Å²) in [7, 11) is -3.84. The van der Waals surface area contributed by atoms with E-state index in [1.54, 1.807) is 35.2 Å². The smallest absolute Gasteiger partial charge is 0.242 e. The van der Waals surface area contributed by atoms with Gasteiger partial charge in [-0.15, -0.1) is 0 Å². The molecular formula is C19H20N2O5S. The molecule has 2 aromatic rings. The Hall–Kier alpha value is -2.61. The Morgan fingerprint density at radius 1 is 1.11 bits per heavy atom. The van der Waals surface area contributed by atoms with Crippen LogP contribution in [-0.2, 0) is 19.4 Å². The minimum absolute atomic E-state index is 0.0477. The van der Waals surface area contributed by atoms with Gasteiger partial charge in [0, 0.05) is 13.1 Å². The number of benzene rings is 1. The first kappa shape index (κ1) is 17.8. The van der Waals surface area contributed by atoms with Crippen molar-refractivity contribution in [1.82, 2.24) is 4.90 Å². The van der Waals surface area contributed by atoms with Gasteiger partial charge in [-0.3, -0.25) is 9.59 Å². The summed E-state index contributed by atoms with van der Waals surface area (Å²) in [6.07, 6.45) is 3.02. The van der Waals surface area contributed by atoms with Crippen LogP contribution in [0.3, 0.4) is 0 Å². The number of fused-ring (bicyclic) bond motifs is 1. The Balaban J connectivity index is 1.75. The van der Waals surface area contributed by atoms with Crippen molar-refractivity contribution in [3.8, 4) is 0 Å². The summed E-state index contributed by atoms with van der Waals surface area (Å²) >= 11 is 0. The molecule has 2 aliphatic rings. The molecule has 1 saturated heterocycles. The molecule has 1 atom stereocenters. The molecule has 2 amide bonds. The lowest BCUT2D eigenvalue weighted by Gasteiger charge is -2.24. The van der Waals surface area contributed by atoms with E-state index in [4.69, 9.17) is 4.42 Å². The van der Waals surface area contributed by atoms with Gasteiger partial charge in [-0.05, 0) is 37.1 Å². The quantitative estimate of drug-likeness (QED) is 0.804. The van der Waals surface area contributed by atoms with Gasteiger partial charge in [0.1, 0.15) is 17.6 Å². The maximum absolute atomic E-state index is 13.2. The number of para-hydroxylation sites is 1. The van der Waals surface area contributed by atoms with E-state index >= 15 is 0 Å². The molecule has 0 bridgehead atoms. The molecule has 2 aliphatic heterocycles. The van der Waals surface area contributed by atoms with Crippen molar-refractivity contribution >= 4 is 27.3 Å². The third kappa shape index (κ3) is 3.14. The van der Waals surface area contributed by atoms with E-state index in [9.17, 15) is 18.0 Å². The Bertz CT molecular complexity index is 962. The topological polar surface area (TPSA) is 87.9 Å². The molecular weight excluding hydrogens is 368 g/mol. The maximum Gasteiger partial charge on any atom is 0.242 e. The standard InChI is InChI=1S/C19H20N2O5S/c22-18-12-17(15-7-5-11-26-15)27(24,25)16-8-2-1-6-14(16)21(18)13-19(23)20-9-3-4-10-20/h1-2,5-8,11,17H,3-4,9-10,12-13H2. The predicted molar refractivity (Wildman–Crippen MR) is 97.9 cm³/mol. The maximum atomic E-state index is 13.2. The third-order valence-electron chi connectivity index (χ3n) is 5.11. The zero-order chi connectivity index (χ0) is 19.0. The van der Waals surface area contributed by atoms with Gasteiger partial charge in [0.05, 0.1) is 23.3 Å². The SMILES string of the molecule is O=C(CN1C(=O)CC(c2ccco2)S(=O)(=O)c2ccccc21)N1CCCC1. The zero-order valence-electron chi connectivity index (χ0n) is 14.7. The molecule has 7 nitrogen and oxygen atoms in total. The average Bonchev–Trinajstić information content (AvgIpc) is 3.36. The van der Waals surface area contributed by atoms with Crippen LogP contribution in [0.4, 0.5) is 5.69 Å². The minimum atomic E-state index is -3.84. The van der Waals surface area contributed by atoms with Crippen molar-refractivity contribution < 1.29 is 22.4 Å². The van der Waals surface area contributed by atoms with E-state index < -0.39 is 21.0 Å². The van der Waals surface area contributed by atoms with Crippen molar-refractivity contribution in [2.75, 3.05) is 24.5 Å². The molecule has 1 aromatic carbocycles. The number of sulfone groups is 1. The number of hydrogen-bond acceptors (Lipinski definition) is 5. The van der Waals surface area contributed by atoms with Crippen LogP contribution >= 0.6 is 0 Å². The fourth-order valence-electron chi connectivity index (χ4n) is 3.69. The van der Waals surface area contributed by atoms with Gasteiger partial charge >= 0.3 is 0 Å². The van der Waals surface area contributed by atoms with Gasteiger partial charge in [-0.2, -0.15) is 0 Å². The van der Waals surface area contributed by atoms with Crippen LogP contribution in [0.5, 0.6) is 0 Å². The van der Waals surface area contributed by atoms with Crippen LogP contribution < -0.4 is 4.90 Å². The first-order valence-corrected chi connectivity index (χ1v) is 10.5. The van der Waals surface area contributed by atoms with Crippen LogP contribution in [0.2, 0.25) is 0 Å². The molecule has 1 fully saturated rings. The van der Waals surface area contributed by atoms with Crippen LogP contribution in [0.15, 0.2) is 52.0 Å². The highest BCUT2D eigenvalue weighted by Crippen LogP contribution is 2.40. The first-order valence-electron chi connectivity index (χ1n) is 8.93. The third-order valence-corrected chi connectivity index (χ3v) is 7.22. The summed E-state index contributed by atoms with van der Waals surface area (Å²) in [6.45, 7) is 1.20. The summed E-state index contributed by atoms with van der Waals surface area (Å²) in [6, 6.07) is 9.50. The van der Waals surface area contributed by atoms with Gasteiger partial charge in [-0.1, -0.05) is 12.1 Å². The molecule has 0 saturated carbocycles. The van der Waals surface area contributed by atoms with E-state index in [0.29, 0.717) is 13.1 Å². The van der Waals surface area contributed by atoms with Crippen molar-refractivity contribution in [1.29, 1.82) is 0 Å². The van der Waals surface area contributed by atoms with E-state index in [0.717, 1.165) is 12.8 Å². The van der Waals surface area contributed by atoms with Crippen LogP contribution in [0.1, 0.15) is 30.3 Å². The lowest BCUT2D eigenvalue weighted by molar-refractivity contribution is -0.130. The van der Waals surface area contributed by atoms with Gasteiger partial charge in [0.25, 0.3) is 0 Å². The number of furan rings is 1. The molecule has 0 radical (unpaired) electrons. The number of amides is 2. The number of nitrogens with zero attached hydrogens (tertiary/aromatic N) is 2. The Kier molecular flexibility index (Phi) is 4.51. The highest BCUT2D eigenvalue weighted by Gasteiger charge is 2.41. The van der Waals surface area contributed by atoms with Crippen LogP contribution in [0.25, 0.3) is 0 Å². The van der Waals surface area contributed by atoms with Crippen molar-refractivity contribution in [3.63, 3.8) is 0 Å². The zero-order valence-corrected chi connectivity index (χ0v) is 15.5. The lowest BCUT2D eigenvalue weighted by Crippen LogP contribution is -2.42. The molecule has 142 valence electrons. The van der Waals surface area contributed by atoms with Gasteiger partial charge < -0.3 is 14.2 Å². The second kappa shape index (κ2) is 6.84. The first-order chi connectivity index (χ1) is 13.0. The highest BCUT2D eigenvalue weighted by atomic mass is 32.2. The second-order valence-corrected chi connectivity index (χ2v) is 8.89. The minimum Gasteiger partial charge on any atom is -0.468 e. The predicted octanol–water partition coefficient (Wildman–Crippen LogP) is 2.15. The molecule has 0 spiro atoms. The summed E-state index contributed by atoms with van der Waals surface area (Å²) in [4.78, 5) is 28.7. The number of likely N-dealkylation sites (tertiary alicyclic amines) is 1. The molecule has 8 heteroatoms. The fraction of sp³-hybridized carbons (Fsp3) is 0.368. The molecule has 27 heavy (non-hydrogen) atoms. The van der Waals surface area contributed by atoms with Crippen LogP contribution in [-0.4, -0.2) is 44.8 Å².